The number of hydrogen-bond donors (Lipinski definition) is 0. The van der Waals surface area contributed by atoms with Gasteiger partial charge in [-0.3, -0.25) is 14.2 Å². The lowest BCUT2D eigenvalue weighted by Gasteiger charge is -2.44. The minimum absolute atomic E-state index is 0.0177. The van der Waals surface area contributed by atoms with E-state index in [1.54, 1.807) is 0 Å². The Labute approximate surface area is 151 Å². The number of amides is 1. The molecule has 1 saturated heterocycles. The van der Waals surface area contributed by atoms with Crippen LogP contribution in [0.1, 0.15) is 56.2 Å². The first-order valence-electron chi connectivity index (χ1n) is 9.68. The average molecular weight is 356 g/mol. The fourth-order valence-corrected chi connectivity index (χ4v) is 5.05. The van der Waals surface area contributed by atoms with Gasteiger partial charge in [-0.05, 0) is 44.4 Å². The highest BCUT2D eigenvalue weighted by molar-refractivity contribution is 5.76. The highest BCUT2D eigenvalue weighted by Crippen LogP contribution is 2.35. The maximum atomic E-state index is 13.0. The molecule has 1 aliphatic carbocycles. The van der Waals surface area contributed by atoms with E-state index in [2.05, 4.69) is 0 Å². The van der Waals surface area contributed by atoms with Gasteiger partial charge in [0.15, 0.2) is 0 Å². The molecule has 1 amide bonds. The van der Waals surface area contributed by atoms with Gasteiger partial charge in [-0.2, -0.15) is 5.26 Å². The molecule has 7 heteroatoms. The SMILES string of the molecule is N#Cc1c2n(c(=O)n(CC(=O)N3CCC[C@H]4CCCC[C@H]43)c1=O)CCC2. The van der Waals surface area contributed by atoms with Crippen molar-refractivity contribution in [3.05, 3.63) is 32.1 Å². The van der Waals surface area contributed by atoms with Crippen LogP contribution in [0.15, 0.2) is 9.59 Å². The van der Waals surface area contributed by atoms with Crippen LogP contribution in [-0.2, 0) is 24.3 Å². The third-order valence-electron chi connectivity index (χ3n) is 6.30. The van der Waals surface area contributed by atoms with E-state index in [1.165, 1.54) is 11.0 Å². The van der Waals surface area contributed by atoms with E-state index < -0.39 is 11.2 Å². The lowest BCUT2D eigenvalue weighted by molar-refractivity contribution is -0.138. The van der Waals surface area contributed by atoms with Crippen LogP contribution < -0.4 is 11.2 Å². The lowest BCUT2D eigenvalue weighted by Crippen LogP contribution is -2.52. The Balaban J connectivity index is 1.65. The van der Waals surface area contributed by atoms with Crippen molar-refractivity contribution in [3.63, 3.8) is 0 Å². The first-order chi connectivity index (χ1) is 12.6. The zero-order chi connectivity index (χ0) is 18.3. The van der Waals surface area contributed by atoms with Crippen molar-refractivity contribution in [1.82, 2.24) is 14.0 Å². The summed E-state index contributed by atoms with van der Waals surface area (Å²) in [6.07, 6.45) is 7.98. The summed E-state index contributed by atoms with van der Waals surface area (Å²) in [6, 6.07) is 2.19. The first kappa shape index (κ1) is 17.1. The summed E-state index contributed by atoms with van der Waals surface area (Å²) in [5.74, 6) is 0.386. The number of rotatable bonds is 2. The molecule has 2 aliphatic heterocycles. The molecule has 0 N–H and O–H groups in total. The molecule has 4 rings (SSSR count). The van der Waals surface area contributed by atoms with Gasteiger partial charge in [0.1, 0.15) is 18.2 Å². The van der Waals surface area contributed by atoms with Crippen LogP contribution in [0.2, 0.25) is 0 Å². The number of carbonyl (C=O) groups excluding carboxylic acids is 1. The zero-order valence-electron chi connectivity index (χ0n) is 14.9. The summed E-state index contributed by atoms with van der Waals surface area (Å²) in [4.78, 5) is 40.2. The van der Waals surface area contributed by atoms with E-state index >= 15 is 0 Å². The van der Waals surface area contributed by atoms with E-state index in [1.807, 2.05) is 11.0 Å². The second-order valence-corrected chi connectivity index (χ2v) is 7.70. The fourth-order valence-electron chi connectivity index (χ4n) is 5.05. The largest absolute Gasteiger partial charge is 0.338 e. The number of nitrogens with zero attached hydrogens (tertiary/aromatic N) is 4. The van der Waals surface area contributed by atoms with Crippen molar-refractivity contribution in [2.75, 3.05) is 6.54 Å². The summed E-state index contributed by atoms with van der Waals surface area (Å²) in [7, 11) is 0. The van der Waals surface area contributed by atoms with Crippen molar-refractivity contribution in [2.45, 2.75) is 70.5 Å². The Hall–Kier alpha value is -2.36. The van der Waals surface area contributed by atoms with E-state index in [-0.39, 0.29) is 24.1 Å². The molecule has 7 nitrogen and oxygen atoms in total. The normalized spacial score (nSPS) is 24.7. The number of nitriles is 1. The summed E-state index contributed by atoms with van der Waals surface area (Å²) < 4.78 is 2.47. The second kappa shape index (κ2) is 6.75. The van der Waals surface area contributed by atoms with Crippen LogP contribution in [0.4, 0.5) is 0 Å². The number of piperidine rings is 1. The molecule has 0 unspecified atom stereocenters. The van der Waals surface area contributed by atoms with Crippen LogP contribution in [-0.4, -0.2) is 32.5 Å². The highest BCUT2D eigenvalue weighted by Gasteiger charge is 2.36. The van der Waals surface area contributed by atoms with Gasteiger partial charge < -0.3 is 4.90 Å². The van der Waals surface area contributed by atoms with Crippen LogP contribution in [0.5, 0.6) is 0 Å². The molecule has 1 aromatic rings. The van der Waals surface area contributed by atoms with Crippen LogP contribution in [0.25, 0.3) is 0 Å². The molecule has 0 aromatic carbocycles. The van der Waals surface area contributed by atoms with Gasteiger partial charge in [-0.1, -0.05) is 12.8 Å². The topological polar surface area (TPSA) is 88.1 Å². The predicted octanol–water partition coefficient (Wildman–Crippen LogP) is 1.01. The maximum Gasteiger partial charge on any atom is 0.331 e. The smallest absolute Gasteiger partial charge is 0.331 e. The number of hydrogen-bond acceptors (Lipinski definition) is 4. The van der Waals surface area contributed by atoms with E-state index in [9.17, 15) is 19.6 Å². The van der Waals surface area contributed by atoms with Crippen molar-refractivity contribution < 1.29 is 4.79 Å². The Morgan fingerprint density at radius 2 is 1.85 bits per heavy atom. The molecule has 138 valence electrons. The monoisotopic (exact) mass is 356 g/mol. The summed E-state index contributed by atoms with van der Waals surface area (Å²) in [5, 5.41) is 9.36. The van der Waals surface area contributed by atoms with Gasteiger partial charge in [-0.15, -0.1) is 0 Å². The van der Waals surface area contributed by atoms with Crippen molar-refractivity contribution in [2.24, 2.45) is 5.92 Å². The molecule has 0 radical (unpaired) electrons. The van der Waals surface area contributed by atoms with E-state index in [0.29, 0.717) is 31.1 Å². The number of likely N-dealkylation sites (tertiary alicyclic amines) is 1. The second-order valence-electron chi connectivity index (χ2n) is 7.70. The molecule has 1 saturated carbocycles. The van der Waals surface area contributed by atoms with Crippen molar-refractivity contribution in [3.8, 4) is 6.07 Å². The highest BCUT2D eigenvalue weighted by atomic mass is 16.2. The number of carbonyl (C=O) groups is 1. The van der Waals surface area contributed by atoms with Crippen LogP contribution >= 0.6 is 0 Å². The predicted molar refractivity (Wildman–Crippen MR) is 94.7 cm³/mol. The van der Waals surface area contributed by atoms with Crippen LogP contribution in [0, 0.1) is 17.2 Å². The minimum atomic E-state index is -0.615. The van der Waals surface area contributed by atoms with Gasteiger partial charge in [0, 0.05) is 24.8 Å². The summed E-state index contributed by atoms with van der Waals surface area (Å²) in [6.45, 7) is 0.952. The van der Waals surface area contributed by atoms with Gasteiger partial charge in [0.25, 0.3) is 5.56 Å². The fraction of sp³-hybridized carbons (Fsp3) is 0.684. The Bertz CT molecular complexity index is 890. The molecular weight excluding hydrogens is 332 g/mol. The number of fused-ring (bicyclic) bond motifs is 2. The average Bonchev–Trinajstić information content (AvgIpc) is 3.14. The third-order valence-corrected chi connectivity index (χ3v) is 6.30. The van der Waals surface area contributed by atoms with E-state index in [0.717, 1.165) is 43.1 Å². The van der Waals surface area contributed by atoms with Gasteiger partial charge >= 0.3 is 5.69 Å². The third kappa shape index (κ3) is 2.68. The summed E-state index contributed by atoms with van der Waals surface area (Å²) >= 11 is 0. The van der Waals surface area contributed by atoms with E-state index in [4.69, 9.17) is 0 Å². The van der Waals surface area contributed by atoms with Crippen molar-refractivity contribution in [1.29, 1.82) is 5.26 Å². The minimum Gasteiger partial charge on any atom is -0.338 e. The molecule has 2 fully saturated rings. The summed E-state index contributed by atoms with van der Waals surface area (Å²) in [5.41, 5.74) is -0.524. The van der Waals surface area contributed by atoms with Gasteiger partial charge in [0.05, 0.1) is 0 Å². The quantitative estimate of drug-likeness (QED) is 0.791. The molecular formula is C19H24N4O3. The maximum absolute atomic E-state index is 13.0. The molecule has 0 spiro atoms. The van der Waals surface area contributed by atoms with Crippen molar-refractivity contribution >= 4 is 5.91 Å². The molecule has 1 aromatic heterocycles. The number of aromatic nitrogens is 2. The van der Waals surface area contributed by atoms with Gasteiger partial charge in [-0.25, -0.2) is 9.36 Å². The zero-order valence-corrected chi connectivity index (χ0v) is 14.9. The molecule has 0 bridgehead atoms. The lowest BCUT2D eigenvalue weighted by atomic mass is 9.78. The van der Waals surface area contributed by atoms with Gasteiger partial charge in [0.2, 0.25) is 5.91 Å². The first-order valence-corrected chi connectivity index (χ1v) is 9.68. The van der Waals surface area contributed by atoms with Crippen LogP contribution in [0.3, 0.4) is 0 Å². The molecule has 26 heavy (non-hydrogen) atoms. The Morgan fingerprint density at radius 1 is 1.08 bits per heavy atom. The Kier molecular flexibility index (Phi) is 4.43. The molecule has 3 aliphatic rings. The molecule has 3 heterocycles. The standard InChI is InChI=1S/C19H24N4O3/c20-11-14-16-8-4-10-22(16)19(26)23(18(14)25)12-17(24)21-9-3-6-13-5-1-2-7-15(13)21/h13,15H,1-10,12H2/t13-,15-/m1/s1. The Morgan fingerprint density at radius 3 is 2.65 bits per heavy atom. The molecule has 2 atom stereocenters.